The van der Waals surface area contributed by atoms with Crippen LogP contribution in [0.15, 0.2) is 0 Å². The number of carbonyl (C=O) groups is 1. The van der Waals surface area contributed by atoms with Crippen molar-refractivity contribution in [2.75, 3.05) is 13.2 Å². The average molecular weight is 245 g/mol. The van der Waals surface area contributed by atoms with Crippen molar-refractivity contribution in [2.24, 2.45) is 5.73 Å². The van der Waals surface area contributed by atoms with Crippen LogP contribution in [0.4, 0.5) is 0 Å². The molecule has 0 bridgehead atoms. The fraction of sp³-hybridized carbons (Fsp3) is 0.923. The van der Waals surface area contributed by atoms with Gasteiger partial charge >= 0.3 is 5.97 Å². The number of hydrogen-bond acceptors (Lipinski definition) is 3. The van der Waals surface area contributed by atoms with E-state index in [9.17, 15) is 4.79 Å². The number of ether oxygens (including phenoxy) is 1. The quantitative estimate of drug-likeness (QED) is 0.518. The highest BCUT2D eigenvalue weighted by molar-refractivity contribution is 5.72. The van der Waals surface area contributed by atoms with E-state index in [1.807, 2.05) is 0 Å². The molecule has 0 amide bonds. The number of aliphatic carboxylic acids is 1. The molecule has 0 fully saturated rings. The normalized spacial score (nSPS) is 12.6. The first kappa shape index (κ1) is 16.4. The smallest absolute Gasteiger partial charge is 0.332 e. The Balaban J connectivity index is 3.44. The molecule has 1 unspecified atom stereocenters. The van der Waals surface area contributed by atoms with Crippen LogP contribution < -0.4 is 5.73 Å². The van der Waals surface area contributed by atoms with Gasteiger partial charge in [-0.2, -0.15) is 0 Å². The first-order chi connectivity index (χ1) is 8.22. The molecule has 0 saturated carbocycles. The summed E-state index contributed by atoms with van der Waals surface area (Å²) in [5.74, 6) is -0.832. The molecule has 0 aromatic carbocycles. The second-order valence-electron chi connectivity index (χ2n) is 4.40. The van der Waals surface area contributed by atoms with Crippen molar-refractivity contribution < 1.29 is 14.6 Å². The van der Waals surface area contributed by atoms with Gasteiger partial charge in [0, 0.05) is 6.61 Å². The third-order valence-corrected chi connectivity index (χ3v) is 2.76. The fourth-order valence-electron chi connectivity index (χ4n) is 1.67. The molecule has 17 heavy (non-hydrogen) atoms. The summed E-state index contributed by atoms with van der Waals surface area (Å²) in [7, 11) is 0. The van der Waals surface area contributed by atoms with Gasteiger partial charge in [-0.25, -0.2) is 4.79 Å². The minimum atomic E-state index is -0.832. The third kappa shape index (κ3) is 10.3. The average Bonchev–Trinajstić information content (AvgIpc) is 2.31. The van der Waals surface area contributed by atoms with E-state index in [2.05, 4.69) is 6.92 Å². The van der Waals surface area contributed by atoms with Gasteiger partial charge < -0.3 is 15.6 Å². The molecule has 4 heteroatoms. The molecule has 3 N–H and O–H groups in total. The highest BCUT2D eigenvalue weighted by Gasteiger charge is 2.16. The minimum Gasteiger partial charge on any atom is -0.479 e. The van der Waals surface area contributed by atoms with Gasteiger partial charge in [0.15, 0.2) is 6.10 Å². The van der Waals surface area contributed by atoms with Gasteiger partial charge in [0.2, 0.25) is 0 Å². The second-order valence-corrected chi connectivity index (χ2v) is 4.40. The van der Waals surface area contributed by atoms with Crippen LogP contribution in [0, 0.1) is 0 Å². The molecule has 0 aliphatic rings. The number of carboxylic acid groups (broad SMARTS) is 1. The van der Waals surface area contributed by atoms with Crippen LogP contribution >= 0.6 is 0 Å². The SMILES string of the molecule is CCCCC(OCCCCCCCN)C(=O)O. The van der Waals surface area contributed by atoms with E-state index < -0.39 is 12.1 Å². The summed E-state index contributed by atoms with van der Waals surface area (Å²) in [4.78, 5) is 10.9. The monoisotopic (exact) mass is 245 g/mol. The van der Waals surface area contributed by atoms with Crippen LogP contribution in [0.1, 0.15) is 58.3 Å². The van der Waals surface area contributed by atoms with Crippen LogP contribution in [-0.2, 0) is 9.53 Å². The molecule has 4 nitrogen and oxygen atoms in total. The van der Waals surface area contributed by atoms with Gasteiger partial charge in [-0.3, -0.25) is 0 Å². The maximum absolute atomic E-state index is 10.9. The Morgan fingerprint density at radius 3 is 2.41 bits per heavy atom. The van der Waals surface area contributed by atoms with E-state index in [-0.39, 0.29) is 0 Å². The first-order valence-electron chi connectivity index (χ1n) is 6.76. The van der Waals surface area contributed by atoms with Crippen LogP contribution in [0.5, 0.6) is 0 Å². The molecule has 0 radical (unpaired) electrons. The Labute approximate surface area is 105 Å². The lowest BCUT2D eigenvalue weighted by Gasteiger charge is -2.12. The second kappa shape index (κ2) is 11.9. The van der Waals surface area contributed by atoms with E-state index in [1.54, 1.807) is 0 Å². The Morgan fingerprint density at radius 2 is 1.82 bits per heavy atom. The lowest BCUT2D eigenvalue weighted by Crippen LogP contribution is -2.24. The summed E-state index contributed by atoms with van der Waals surface area (Å²) in [6.07, 6.45) is 7.37. The highest BCUT2D eigenvalue weighted by atomic mass is 16.5. The Hall–Kier alpha value is -0.610. The fourth-order valence-corrected chi connectivity index (χ4v) is 1.67. The molecule has 0 spiro atoms. The van der Waals surface area contributed by atoms with Crippen molar-refractivity contribution in [2.45, 2.75) is 64.4 Å². The Bertz CT molecular complexity index is 186. The lowest BCUT2D eigenvalue weighted by molar-refractivity contribution is -0.151. The van der Waals surface area contributed by atoms with Crippen molar-refractivity contribution in [1.82, 2.24) is 0 Å². The zero-order valence-corrected chi connectivity index (χ0v) is 11.0. The standard InChI is InChI=1S/C13H27NO3/c1-2-3-9-12(13(15)16)17-11-8-6-4-5-7-10-14/h12H,2-11,14H2,1H3,(H,15,16). The molecule has 0 saturated heterocycles. The van der Waals surface area contributed by atoms with E-state index in [1.165, 1.54) is 0 Å². The molecule has 102 valence electrons. The Morgan fingerprint density at radius 1 is 1.18 bits per heavy atom. The van der Waals surface area contributed by atoms with Crippen molar-refractivity contribution in [3.63, 3.8) is 0 Å². The predicted octanol–water partition coefficient (Wildman–Crippen LogP) is 2.56. The zero-order valence-electron chi connectivity index (χ0n) is 11.0. The van der Waals surface area contributed by atoms with Gasteiger partial charge in [-0.05, 0) is 25.8 Å². The van der Waals surface area contributed by atoms with Gasteiger partial charge in [-0.15, -0.1) is 0 Å². The molecule has 0 rings (SSSR count). The number of rotatable bonds is 12. The van der Waals surface area contributed by atoms with Crippen LogP contribution in [-0.4, -0.2) is 30.3 Å². The maximum Gasteiger partial charge on any atom is 0.332 e. The van der Waals surface area contributed by atoms with Gasteiger partial charge in [-0.1, -0.05) is 39.0 Å². The summed E-state index contributed by atoms with van der Waals surface area (Å²) >= 11 is 0. The number of carboxylic acids is 1. The van der Waals surface area contributed by atoms with E-state index in [4.69, 9.17) is 15.6 Å². The van der Waals surface area contributed by atoms with Crippen molar-refractivity contribution in [3.05, 3.63) is 0 Å². The lowest BCUT2D eigenvalue weighted by atomic mass is 10.1. The zero-order chi connectivity index (χ0) is 12.9. The first-order valence-corrected chi connectivity index (χ1v) is 6.76. The summed E-state index contributed by atoms with van der Waals surface area (Å²) in [6.45, 7) is 3.37. The van der Waals surface area contributed by atoms with E-state index in [0.717, 1.165) is 51.5 Å². The molecule has 0 aromatic heterocycles. The number of nitrogens with two attached hydrogens (primary N) is 1. The molecule has 0 aromatic rings. The van der Waals surface area contributed by atoms with Crippen molar-refractivity contribution >= 4 is 5.97 Å². The Kier molecular flexibility index (Phi) is 11.4. The summed E-state index contributed by atoms with van der Waals surface area (Å²) in [6, 6.07) is 0. The van der Waals surface area contributed by atoms with Crippen molar-refractivity contribution in [3.8, 4) is 0 Å². The molecule has 0 aliphatic carbocycles. The van der Waals surface area contributed by atoms with Crippen LogP contribution in [0.3, 0.4) is 0 Å². The predicted molar refractivity (Wildman–Crippen MR) is 69.0 cm³/mol. The maximum atomic E-state index is 10.9. The van der Waals surface area contributed by atoms with Gasteiger partial charge in [0.25, 0.3) is 0 Å². The molecular weight excluding hydrogens is 218 g/mol. The summed E-state index contributed by atoms with van der Waals surface area (Å²) < 4.78 is 5.39. The summed E-state index contributed by atoms with van der Waals surface area (Å²) in [5.41, 5.74) is 5.40. The largest absolute Gasteiger partial charge is 0.479 e. The van der Waals surface area contributed by atoms with Crippen LogP contribution in [0.25, 0.3) is 0 Å². The third-order valence-electron chi connectivity index (χ3n) is 2.76. The van der Waals surface area contributed by atoms with E-state index >= 15 is 0 Å². The molecular formula is C13H27NO3. The topological polar surface area (TPSA) is 72.5 Å². The van der Waals surface area contributed by atoms with E-state index in [0.29, 0.717) is 13.0 Å². The highest BCUT2D eigenvalue weighted by Crippen LogP contribution is 2.08. The van der Waals surface area contributed by atoms with Crippen LogP contribution in [0.2, 0.25) is 0 Å². The molecule has 1 atom stereocenters. The van der Waals surface area contributed by atoms with Gasteiger partial charge in [0.05, 0.1) is 0 Å². The number of unbranched alkanes of at least 4 members (excludes halogenated alkanes) is 5. The molecule has 0 aliphatic heterocycles. The minimum absolute atomic E-state index is 0.559. The summed E-state index contributed by atoms with van der Waals surface area (Å²) in [5, 5.41) is 8.93. The number of hydrogen-bond donors (Lipinski definition) is 2. The molecule has 0 heterocycles. The van der Waals surface area contributed by atoms with Gasteiger partial charge in [0.1, 0.15) is 0 Å². The van der Waals surface area contributed by atoms with Crippen molar-refractivity contribution in [1.29, 1.82) is 0 Å².